The molecule has 0 bridgehead atoms. The van der Waals surface area contributed by atoms with Gasteiger partial charge in [-0.25, -0.2) is 4.79 Å². The van der Waals surface area contributed by atoms with Crippen molar-refractivity contribution < 1.29 is 9.53 Å². The number of carbonyl (C=O) groups excluding carboxylic acids is 1. The van der Waals surface area contributed by atoms with Crippen molar-refractivity contribution in [1.29, 1.82) is 0 Å². The second kappa shape index (κ2) is 21.3. The minimum Gasteiger partial charge on any atom is -0.453 e. The van der Waals surface area contributed by atoms with Gasteiger partial charge in [0.05, 0.1) is 7.11 Å². The Labute approximate surface area is 157 Å². The molecule has 0 spiro atoms. The SMILES string of the molecule is CCCCCCCCCCCCCCCCCCCCNC(=O)OC. The predicted molar refractivity (Wildman–Crippen MR) is 109 cm³/mol. The van der Waals surface area contributed by atoms with Crippen molar-refractivity contribution in [2.45, 2.75) is 122 Å². The Morgan fingerprint density at radius 1 is 0.600 bits per heavy atom. The van der Waals surface area contributed by atoms with Crippen LogP contribution in [0.15, 0.2) is 0 Å². The van der Waals surface area contributed by atoms with Crippen molar-refractivity contribution in [3.05, 3.63) is 0 Å². The normalized spacial score (nSPS) is 10.8. The third-order valence-electron chi connectivity index (χ3n) is 4.99. The number of amides is 1. The van der Waals surface area contributed by atoms with Gasteiger partial charge in [-0.05, 0) is 6.42 Å². The largest absolute Gasteiger partial charge is 0.453 e. The van der Waals surface area contributed by atoms with Crippen molar-refractivity contribution in [3.63, 3.8) is 0 Å². The summed E-state index contributed by atoms with van der Waals surface area (Å²) in [6.07, 6.45) is 24.6. The molecule has 0 rings (SSSR count). The topological polar surface area (TPSA) is 38.3 Å². The standard InChI is InChI=1S/C22H45NO2/c1-3-4-5-6-7-8-9-10-11-12-13-14-15-16-17-18-19-20-21-23-22(24)25-2/h3-21H2,1-2H3,(H,23,24). The Bertz CT molecular complexity index is 269. The smallest absolute Gasteiger partial charge is 0.406 e. The van der Waals surface area contributed by atoms with Gasteiger partial charge in [-0.3, -0.25) is 0 Å². The van der Waals surface area contributed by atoms with E-state index in [1.54, 1.807) is 0 Å². The number of nitrogens with one attached hydrogen (secondary N) is 1. The zero-order valence-corrected chi connectivity index (χ0v) is 17.3. The second-order valence-corrected chi connectivity index (χ2v) is 7.43. The number of methoxy groups -OCH3 is 1. The van der Waals surface area contributed by atoms with Crippen LogP contribution in [0.4, 0.5) is 4.79 Å². The third-order valence-corrected chi connectivity index (χ3v) is 4.99. The molecular weight excluding hydrogens is 310 g/mol. The number of rotatable bonds is 19. The van der Waals surface area contributed by atoms with Crippen LogP contribution in [0.25, 0.3) is 0 Å². The van der Waals surface area contributed by atoms with E-state index in [-0.39, 0.29) is 6.09 Å². The minimum atomic E-state index is -0.313. The molecule has 0 unspecified atom stereocenters. The Morgan fingerprint density at radius 2 is 0.920 bits per heavy atom. The average molecular weight is 356 g/mol. The van der Waals surface area contributed by atoms with E-state index in [9.17, 15) is 4.79 Å². The summed E-state index contributed by atoms with van der Waals surface area (Å²) < 4.78 is 4.54. The number of alkyl carbamates (subject to hydrolysis) is 1. The molecule has 1 N–H and O–H groups in total. The lowest BCUT2D eigenvalue weighted by Gasteiger charge is -2.04. The lowest BCUT2D eigenvalue weighted by Crippen LogP contribution is -2.23. The molecule has 0 aromatic rings. The van der Waals surface area contributed by atoms with Gasteiger partial charge in [0.2, 0.25) is 0 Å². The molecule has 3 nitrogen and oxygen atoms in total. The summed E-state index contributed by atoms with van der Waals surface area (Å²) >= 11 is 0. The molecule has 0 radical (unpaired) electrons. The Balaban J connectivity index is 2.99. The molecule has 0 aliphatic heterocycles. The second-order valence-electron chi connectivity index (χ2n) is 7.43. The first kappa shape index (κ1) is 24.3. The molecule has 3 heteroatoms. The van der Waals surface area contributed by atoms with Crippen molar-refractivity contribution in [1.82, 2.24) is 5.32 Å². The predicted octanol–water partition coefficient (Wildman–Crippen LogP) is 7.38. The first-order valence-corrected chi connectivity index (χ1v) is 11.1. The van der Waals surface area contributed by atoms with Crippen LogP contribution in [0.1, 0.15) is 122 Å². The number of ether oxygens (including phenoxy) is 1. The molecule has 0 fully saturated rings. The number of carbonyl (C=O) groups is 1. The van der Waals surface area contributed by atoms with Crippen molar-refractivity contribution in [2.24, 2.45) is 0 Å². The van der Waals surface area contributed by atoms with Crippen molar-refractivity contribution in [2.75, 3.05) is 13.7 Å². The van der Waals surface area contributed by atoms with Gasteiger partial charge in [-0.1, -0.05) is 116 Å². The summed E-state index contributed by atoms with van der Waals surface area (Å²) in [5, 5.41) is 2.73. The summed E-state index contributed by atoms with van der Waals surface area (Å²) in [7, 11) is 1.41. The molecule has 0 aliphatic rings. The van der Waals surface area contributed by atoms with Crippen LogP contribution in [0, 0.1) is 0 Å². The van der Waals surface area contributed by atoms with Gasteiger partial charge in [-0.15, -0.1) is 0 Å². The molecule has 0 saturated carbocycles. The van der Waals surface area contributed by atoms with E-state index >= 15 is 0 Å². The molecule has 0 saturated heterocycles. The quantitative estimate of drug-likeness (QED) is 0.245. The van der Waals surface area contributed by atoms with Crippen LogP contribution in [-0.4, -0.2) is 19.7 Å². The van der Waals surface area contributed by atoms with Crippen LogP contribution in [0.3, 0.4) is 0 Å². The fourth-order valence-electron chi connectivity index (χ4n) is 3.29. The molecule has 0 aromatic carbocycles. The van der Waals surface area contributed by atoms with Crippen LogP contribution in [0.5, 0.6) is 0 Å². The van der Waals surface area contributed by atoms with Gasteiger partial charge in [0, 0.05) is 6.54 Å². The molecule has 0 aromatic heterocycles. The molecular formula is C22H45NO2. The van der Waals surface area contributed by atoms with E-state index in [4.69, 9.17) is 0 Å². The highest BCUT2D eigenvalue weighted by Crippen LogP contribution is 2.14. The number of hydrogen-bond acceptors (Lipinski definition) is 2. The zero-order chi connectivity index (χ0) is 18.4. The fraction of sp³-hybridized carbons (Fsp3) is 0.955. The summed E-state index contributed by atoms with van der Waals surface area (Å²) in [6, 6.07) is 0. The van der Waals surface area contributed by atoms with E-state index in [0.717, 1.165) is 13.0 Å². The van der Waals surface area contributed by atoms with E-state index in [1.807, 2.05) is 0 Å². The molecule has 0 heterocycles. The summed E-state index contributed by atoms with van der Waals surface area (Å²) in [5.74, 6) is 0. The lowest BCUT2D eigenvalue weighted by molar-refractivity contribution is 0.171. The fourth-order valence-corrected chi connectivity index (χ4v) is 3.29. The van der Waals surface area contributed by atoms with E-state index in [1.165, 1.54) is 116 Å². The lowest BCUT2D eigenvalue weighted by atomic mass is 10.0. The van der Waals surface area contributed by atoms with Crippen LogP contribution >= 0.6 is 0 Å². The maximum Gasteiger partial charge on any atom is 0.406 e. The molecule has 0 aliphatic carbocycles. The van der Waals surface area contributed by atoms with Crippen LogP contribution in [-0.2, 0) is 4.74 Å². The number of hydrogen-bond donors (Lipinski definition) is 1. The van der Waals surface area contributed by atoms with Crippen molar-refractivity contribution >= 4 is 6.09 Å². The molecule has 25 heavy (non-hydrogen) atoms. The highest BCUT2D eigenvalue weighted by atomic mass is 16.5. The maximum atomic E-state index is 10.9. The van der Waals surface area contributed by atoms with Gasteiger partial charge >= 0.3 is 6.09 Å². The van der Waals surface area contributed by atoms with Crippen LogP contribution in [0.2, 0.25) is 0 Å². The molecule has 150 valence electrons. The highest BCUT2D eigenvalue weighted by molar-refractivity contribution is 5.66. The first-order chi connectivity index (χ1) is 12.3. The number of unbranched alkanes of at least 4 members (excludes halogenated alkanes) is 17. The molecule has 1 amide bonds. The van der Waals surface area contributed by atoms with Gasteiger partial charge in [0.25, 0.3) is 0 Å². The van der Waals surface area contributed by atoms with E-state index in [2.05, 4.69) is 17.0 Å². The van der Waals surface area contributed by atoms with Gasteiger partial charge in [0.1, 0.15) is 0 Å². The Kier molecular flexibility index (Phi) is 20.7. The summed E-state index contributed by atoms with van der Waals surface area (Å²) in [5.41, 5.74) is 0. The molecule has 0 atom stereocenters. The average Bonchev–Trinajstić information content (AvgIpc) is 2.63. The van der Waals surface area contributed by atoms with Crippen molar-refractivity contribution in [3.8, 4) is 0 Å². The van der Waals surface area contributed by atoms with E-state index < -0.39 is 0 Å². The summed E-state index contributed by atoms with van der Waals surface area (Å²) in [4.78, 5) is 10.9. The summed E-state index contributed by atoms with van der Waals surface area (Å²) in [6.45, 7) is 3.03. The third kappa shape index (κ3) is 21.2. The van der Waals surface area contributed by atoms with Gasteiger partial charge < -0.3 is 10.1 Å². The first-order valence-electron chi connectivity index (χ1n) is 11.1. The Hall–Kier alpha value is -0.730. The monoisotopic (exact) mass is 355 g/mol. The van der Waals surface area contributed by atoms with Gasteiger partial charge in [0.15, 0.2) is 0 Å². The maximum absolute atomic E-state index is 10.9. The van der Waals surface area contributed by atoms with Crippen LogP contribution < -0.4 is 5.32 Å². The Morgan fingerprint density at radius 3 is 1.24 bits per heavy atom. The van der Waals surface area contributed by atoms with E-state index in [0.29, 0.717) is 0 Å². The minimum absolute atomic E-state index is 0.313. The van der Waals surface area contributed by atoms with Gasteiger partial charge in [-0.2, -0.15) is 0 Å². The highest BCUT2D eigenvalue weighted by Gasteiger charge is 1.97. The zero-order valence-electron chi connectivity index (χ0n) is 17.3.